The van der Waals surface area contributed by atoms with E-state index in [0.717, 1.165) is 20.4 Å². The molecule has 1 aliphatic heterocycles. The van der Waals surface area contributed by atoms with E-state index in [2.05, 4.69) is 57.9 Å². The molecule has 4 aromatic carbocycles. The Morgan fingerprint density at radius 3 is 2.53 bits per heavy atom. The molecule has 5 rings (SSSR count). The fraction of sp³-hybridized carbons (Fsp3) is 0.103. The number of halogens is 2. The summed E-state index contributed by atoms with van der Waals surface area (Å²) in [4.78, 5) is 19.7. The minimum absolute atomic E-state index is 0.0880. The van der Waals surface area contributed by atoms with Crippen molar-refractivity contribution in [1.82, 2.24) is 4.90 Å². The van der Waals surface area contributed by atoms with Gasteiger partial charge in [-0.25, -0.2) is 9.38 Å². The molecule has 0 atom stereocenters. The highest BCUT2D eigenvalue weighted by Gasteiger charge is 2.32. The number of aliphatic imine (C=N–C) groups is 1. The Morgan fingerprint density at radius 2 is 1.78 bits per heavy atom. The van der Waals surface area contributed by atoms with Crippen LogP contribution in [-0.4, -0.2) is 22.5 Å². The predicted octanol–water partition coefficient (Wildman–Crippen LogP) is 7.79. The number of ether oxygens (including phenoxy) is 1. The van der Waals surface area contributed by atoms with E-state index in [1.807, 2.05) is 43.3 Å². The maximum Gasteiger partial charge on any atom is 0.266 e. The zero-order valence-electron chi connectivity index (χ0n) is 19.4. The summed E-state index contributed by atoms with van der Waals surface area (Å²) in [5, 5.41) is 2.99. The lowest BCUT2D eigenvalue weighted by atomic mass is 10.1. The molecule has 4 aromatic rings. The molecule has 1 saturated heterocycles. The molecule has 1 aliphatic rings. The lowest BCUT2D eigenvalue weighted by Gasteiger charge is -2.12. The van der Waals surface area contributed by atoms with Crippen molar-refractivity contribution < 1.29 is 13.9 Å². The quantitative estimate of drug-likeness (QED) is 0.166. The maximum atomic E-state index is 13.2. The lowest BCUT2D eigenvalue weighted by molar-refractivity contribution is -0.122. The monoisotopic (exact) mass is 608 g/mol. The molecule has 0 N–H and O–H groups in total. The van der Waals surface area contributed by atoms with Gasteiger partial charge in [0.2, 0.25) is 0 Å². The number of nitrogens with zero attached hydrogens (tertiary/aromatic N) is 2. The van der Waals surface area contributed by atoms with Gasteiger partial charge in [0.15, 0.2) is 5.17 Å². The Labute approximate surface area is 227 Å². The Balaban J connectivity index is 1.31. The highest BCUT2D eigenvalue weighted by atomic mass is 127. The second-order valence-corrected chi connectivity index (χ2v) is 10.4. The molecule has 1 heterocycles. The van der Waals surface area contributed by atoms with Crippen LogP contribution in [-0.2, 0) is 11.4 Å². The minimum atomic E-state index is -0.318. The van der Waals surface area contributed by atoms with E-state index in [1.54, 1.807) is 17.0 Å². The van der Waals surface area contributed by atoms with Crippen molar-refractivity contribution in [2.24, 2.45) is 4.99 Å². The summed E-state index contributed by atoms with van der Waals surface area (Å²) in [6, 6.07) is 26.4. The van der Waals surface area contributed by atoms with Gasteiger partial charge < -0.3 is 4.74 Å². The van der Waals surface area contributed by atoms with E-state index in [9.17, 15) is 9.18 Å². The summed E-state index contributed by atoms with van der Waals surface area (Å²) in [5.41, 5.74) is 2.62. The second-order valence-electron chi connectivity index (χ2n) is 8.19. The van der Waals surface area contributed by atoms with Gasteiger partial charge in [-0.3, -0.25) is 9.69 Å². The van der Waals surface area contributed by atoms with Gasteiger partial charge in [0.1, 0.15) is 18.2 Å². The number of fused-ring (bicyclic) bond motifs is 1. The summed E-state index contributed by atoms with van der Waals surface area (Å²) in [7, 11) is 0. The third-order valence-electron chi connectivity index (χ3n) is 5.72. The molecule has 7 heteroatoms. The summed E-state index contributed by atoms with van der Waals surface area (Å²) in [6.07, 6.45) is 1.87. The third kappa shape index (κ3) is 5.47. The minimum Gasteiger partial charge on any atom is -0.488 e. The number of carbonyl (C=O) groups excluding carboxylic acids is 1. The molecule has 0 aromatic heterocycles. The normalized spacial score (nSPS) is 15.9. The SMILES string of the molecule is CCN1C(=O)/C(=C\c2ccc(OCc3ccc4ccccc4c3)c(I)c2)SC1=Nc1ccc(F)cc1. The molecule has 1 fully saturated rings. The highest BCUT2D eigenvalue weighted by molar-refractivity contribution is 14.1. The van der Waals surface area contributed by atoms with Gasteiger partial charge >= 0.3 is 0 Å². The van der Waals surface area contributed by atoms with Crippen molar-refractivity contribution in [1.29, 1.82) is 0 Å². The molecule has 0 spiro atoms. The number of benzene rings is 4. The molecular formula is C29H22FIN2O2S. The number of rotatable bonds is 6. The highest BCUT2D eigenvalue weighted by Crippen LogP contribution is 2.35. The van der Waals surface area contributed by atoms with Gasteiger partial charge in [0, 0.05) is 6.54 Å². The van der Waals surface area contributed by atoms with Gasteiger partial charge in [-0.1, -0.05) is 42.5 Å². The fourth-order valence-corrected chi connectivity index (χ4v) is 5.62. The van der Waals surface area contributed by atoms with E-state index >= 15 is 0 Å². The topological polar surface area (TPSA) is 41.9 Å². The van der Waals surface area contributed by atoms with E-state index in [1.165, 1.54) is 34.7 Å². The van der Waals surface area contributed by atoms with Crippen LogP contribution in [0.5, 0.6) is 5.75 Å². The largest absolute Gasteiger partial charge is 0.488 e. The Hall–Kier alpha value is -3.17. The van der Waals surface area contributed by atoms with Crippen molar-refractivity contribution in [2.75, 3.05) is 6.54 Å². The first-order chi connectivity index (χ1) is 17.5. The summed E-state index contributed by atoms with van der Waals surface area (Å²) < 4.78 is 20.3. The van der Waals surface area contributed by atoms with Crippen molar-refractivity contribution in [2.45, 2.75) is 13.5 Å². The van der Waals surface area contributed by atoms with E-state index in [-0.39, 0.29) is 11.7 Å². The number of amidine groups is 1. The number of hydrogen-bond donors (Lipinski definition) is 0. The van der Waals surface area contributed by atoms with Gasteiger partial charge in [0.05, 0.1) is 14.2 Å². The number of amides is 1. The maximum absolute atomic E-state index is 13.2. The first-order valence-corrected chi connectivity index (χ1v) is 13.4. The number of likely N-dealkylation sites (N-methyl/N-ethyl adjacent to an activating group) is 1. The third-order valence-corrected chi connectivity index (χ3v) is 7.57. The zero-order valence-corrected chi connectivity index (χ0v) is 22.4. The van der Waals surface area contributed by atoms with Crippen LogP contribution >= 0.6 is 34.4 Å². The molecule has 180 valence electrons. The number of hydrogen-bond acceptors (Lipinski definition) is 4. The fourth-order valence-electron chi connectivity index (χ4n) is 3.86. The summed E-state index contributed by atoms with van der Waals surface area (Å²) >= 11 is 3.58. The van der Waals surface area contributed by atoms with Crippen LogP contribution in [0.25, 0.3) is 16.8 Å². The molecule has 0 aliphatic carbocycles. The second kappa shape index (κ2) is 10.8. The van der Waals surface area contributed by atoms with Crippen LogP contribution in [0.3, 0.4) is 0 Å². The van der Waals surface area contributed by atoms with Crippen LogP contribution in [0.1, 0.15) is 18.1 Å². The van der Waals surface area contributed by atoms with Crippen molar-refractivity contribution >= 4 is 68.0 Å². The standard InChI is InChI=1S/C29H22FIN2O2S/c1-2-33-28(34)27(36-29(33)32-24-12-10-23(30)11-13-24)17-19-8-14-26(25(31)16-19)35-18-20-7-9-21-5-3-4-6-22(21)15-20/h3-17H,2,18H2,1H3/b27-17+,32-29?. The predicted molar refractivity (Wildman–Crippen MR) is 154 cm³/mol. The van der Waals surface area contributed by atoms with E-state index < -0.39 is 0 Å². The van der Waals surface area contributed by atoms with Crippen LogP contribution < -0.4 is 4.74 Å². The van der Waals surface area contributed by atoms with Gasteiger partial charge in [-0.05, 0) is 112 Å². The molecule has 1 amide bonds. The average Bonchev–Trinajstić information content (AvgIpc) is 3.18. The summed E-state index contributed by atoms with van der Waals surface area (Å²) in [5.74, 6) is 0.390. The average molecular weight is 608 g/mol. The summed E-state index contributed by atoms with van der Waals surface area (Å²) in [6.45, 7) is 2.89. The van der Waals surface area contributed by atoms with Gasteiger partial charge in [-0.2, -0.15) is 0 Å². The van der Waals surface area contributed by atoms with Gasteiger partial charge in [-0.15, -0.1) is 0 Å². The number of thioether (sulfide) groups is 1. The van der Waals surface area contributed by atoms with Crippen molar-refractivity contribution in [3.05, 3.63) is 110 Å². The number of carbonyl (C=O) groups is 1. The molecule has 0 radical (unpaired) electrons. The molecule has 36 heavy (non-hydrogen) atoms. The Bertz CT molecular complexity index is 1500. The first kappa shape index (κ1) is 24.5. The lowest BCUT2D eigenvalue weighted by Crippen LogP contribution is -2.28. The first-order valence-electron chi connectivity index (χ1n) is 11.5. The molecule has 4 nitrogen and oxygen atoms in total. The smallest absolute Gasteiger partial charge is 0.266 e. The zero-order chi connectivity index (χ0) is 25.1. The molecular weight excluding hydrogens is 586 g/mol. The van der Waals surface area contributed by atoms with Crippen molar-refractivity contribution in [3.8, 4) is 5.75 Å². The van der Waals surface area contributed by atoms with Crippen LogP contribution in [0.4, 0.5) is 10.1 Å². The van der Waals surface area contributed by atoms with E-state index in [0.29, 0.717) is 28.9 Å². The van der Waals surface area contributed by atoms with Crippen LogP contribution in [0.2, 0.25) is 0 Å². The molecule has 0 saturated carbocycles. The van der Waals surface area contributed by atoms with Crippen LogP contribution in [0.15, 0.2) is 94.8 Å². The van der Waals surface area contributed by atoms with E-state index in [4.69, 9.17) is 4.74 Å². The Morgan fingerprint density at radius 1 is 1.00 bits per heavy atom. The van der Waals surface area contributed by atoms with Gasteiger partial charge in [0.25, 0.3) is 5.91 Å². The molecule has 0 unspecified atom stereocenters. The van der Waals surface area contributed by atoms with Crippen molar-refractivity contribution in [3.63, 3.8) is 0 Å². The van der Waals surface area contributed by atoms with Crippen LogP contribution in [0, 0.1) is 9.39 Å². The Kier molecular flexibility index (Phi) is 7.38. The molecule has 0 bridgehead atoms.